The number of hydrogen-bond donors (Lipinski definition) is 0. The molecule has 0 spiro atoms. The molecule has 0 radical (unpaired) electrons. The Morgan fingerprint density at radius 2 is 1.92 bits per heavy atom. The summed E-state index contributed by atoms with van der Waals surface area (Å²) in [5.74, 6) is 0.636. The van der Waals surface area contributed by atoms with E-state index in [-0.39, 0.29) is 17.7 Å². The third-order valence-corrected chi connectivity index (χ3v) is 6.52. The van der Waals surface area contributed by atoms with E-state index in [1.807, 2.05) is 37.7 Å². The Hall–Kier alpha value is -4.48. The molecule has 0 saturated carbocycles. The number of carbonyl (C=O) groups is 1. The van der Waals surface area contributed by atoms with Gasteiger partial charge < -0.3 is 9.64 Å². The Kier molecular flexibility index (Phi) is 5.96. The first-order chi connectivity index (χ1) is 18.6. The predicted octanol–water partition coefficient (Wildman–Crippen LogP) is 4.17. The van der Waals surface area contributed by atoms with Crippen molar-refractivity contribution in [2.24, 2.45) is 5.92 Å². The zero-order valence-electron chi connectivity index (χ0n) is 22.1. The number of nitrogens with zero attached hydrogens (tertiary/aromatic N) is 9. The third-order valence-electron chi connectivity index (χ3n) is 6.52. The van der Waals surface area contributed by atoms with Crippen molar-refractivity contribution in [2.45, 2.75) is 46.0 Å². The van der Waals surface area contributed by atoms with Gasteiger partial charge in [-0.1, -0.05) is 6.07 Å². The van der Waals surface area contributed by atoms with Crippen LogP contribution >= 0.6 is 0 Å². The number of hydrogen-bond acceptors (Lipinski definition) is 8. The number of carbonyl (C=O) groups excluding carboxylic acids is 1. The standard InChI is InChI=1S/C27H28FN9O2/c1-16-9-30-25-33-32-24(37(25)34-16)23(28)18-5-6-22-19(7-18)8-20(10-29-22)21-11-31-36(15-21)14-17-12-35(13-17)26(38)39-27(2,3)4/h5-11,15,17,23H,12-14H2,1-4H3. The van der Waals surface area contributed by atoms with Crippen LogP contribution in [0.1, 0.15) is 44.0 Å². The van der Waals surface area contributed by atoms with Gasteiger partial charge in [0, 0.05) is 54.5 Å². The molecule has 1 fully saturated rings. The number of alkyl halides is 1. The summed E-state index contributed by atoms with van der Waals surface area (Å²) in [5.41, 5.74) is 3.09. The van der Waals surface area contributed by atoms with E-state index >= 15 is 4.39 Å². The number of aryl methyl sites for hydroxylation is 1. The second-order valence-corrected chi connectivity index (χ2v) is 10.9. The van der Waals surface area contributed by atoms with Crippen LogP contribution in [0.5, 0.6) is 0 Å². The Bertz CT molecular complexity index is 1680. The van der Waals surface area contributed by atoms with Gasteiger partial charge >= 0.3 is 6.09 Å². The molecule has 1 atom stereocenters. The number of rotatable bonds is 5. The molecule has 11 nitrogen and oxygen atoms in total. The van der Waals surface area contributed by atoms with E-state index in [0.29, 0.717) is 36.8 Å². The summed E-state index contributed by atoms with van der Waals surface area (Å²) in [5, 5.41) is 17.5. The summed E-state index contributed by atoms with van der Waals surface area (Å²) in [4.78, 5) is 22.6. The quantitative estimate of drug-likeness (QED) is 0.333. The molecule has 1 aliphatic rings. The first kappa shape index (κ1) is 24.8. The number of benzene rings is 1. The average Bonchev–Trinajstić information content (AvgIpc) is 3.50. The van der Waals surface area contributed by atoms with Gasteiger partial charge in [-0.25, -0.2) is 14.2 Å². The maximum Gasteiger partial charge on any atom is 0.410 e. The molecule has 1 unspecified atom stereocenters. The second kappa shape index (κ2) is 9.37. The lowest BCUT2D eigenvalue weighted by atomic mass is 10.0. The highest BCUT2D eigenvalue weighted by molar-refractivity contribution is 5.84. The zero-order chi connectivity index (χ0) is 27.3. The van der Waals surface area contributed by atoms with Crippen molar-refractivity contribution >= 4 is 22.8 Å². The fourth-order valence-electron chi connectivity index (χ4n) is 4.60. The molecule has 1 saturated heterocycles. The molecule has 1 aliphatic heterocycles. The highest BCUT2D eigenvalue weighted by Crippen LogP contribution is 2.29. The number of halogens is 1. The summed E-state index contributed by atoms with van der Waals surface area (Å²) >= 11 is 0. The van der Waals surface area contributed by atoms with Gasteiger partial charge in [-0.15, -0.1) is 10.2 Å². The molecule has 6 rings (SSSR count). The minimum atomic E-state index is -1.53. The van der Waals surface area contributed by atoms with Crippen molar-refractivity contribution in [2.75, 3.05) is 13.1 Å². The van der Waals surface area contributed by atoms with E-state index < -0.39 is 11.8 Å². The van der Waals surface area contributed by atoms with Crippen LogP contribution in [0.25, 0.3) is 27.8 Å². The molecule has 0 N–H and O–H groups in total. The average molecular weight is 530 g/mol. The summed E-state index contributed by atoms with van der Waals surface area (Å²) in [6.07, 6.45) is 5.29. The molecule has 1 amide bonds. The summed E-state index contributed by atoms with van der Waals surface area (Å²) in [6.45, 7) is 9.34. The summed E-state index contributed by atoms with van der Waals surface area (Å²) < 4.78 is 24.2. The fourth-order valence-corrected chi connectivity index (χ4v) is 4.60. The lowest BCUT2D eigenvalue weighted by Crippen LogP contribution is -2.52. The monoisotopic (exact) mass is 529 g/mol. The van der Waals surface area contributed by atoms with Crippen LogP contribution < -0.4 is 0 Å². The molecule has 4 aromatic heterocycles. The van der Waals surface area contributed by atoms with Gasteiger partial charge in [0.1, 0.15) is 5.60 Å². The Balaban J connectivity index is 1.17. The Labute approximate surface area is 223 Å². The molecular formula is C27H28FN9O2. The van der Waals surface area contributed by atoms with E-state index in [1.54, 1.807) is 48.6 Å². The van der Waals surface area contributed by atoms with Gasteiger partial charge in [-0.05, 0) is 51.5 Å². The molecule has 12 heteroatoms. The number of likely N-dealkylation sites (tertiary alicyclic amines) is 1. The smallest absolute Gasteiger partial charge is 0.410 e. The minimum absolute atomic E-state index is 0.0761. The van der Waals surface area contributed by atoms with Gasteiger partial charge in [0.25, 0.3) is 5.78 Å². The third kappa shape index (κ3) is 5.01. The molecule has 0 aliphatic carbocycles. The van der Waals surface area contributed by atoms with Gasteiger partial charge in [0.15, 0.2) is 12.0 Å². The van der Waals surface area contributed by atoms with Crippen LogP contribution in [0.2, 0.25) is 0 Å². The second-order valence-electron chi connectivity index (χ2n) is 10.9. The van der Waals surface area contributed by atoms with Crippen LogP contribution in [-0.4, -0.2) is 69.2 Å². The molecule has 39 heavy (non-hydrogen) atoms. The van der Waals surface area contributed by atoms with E-state index in [0.717, 1.165) is 22.0 Å². The number of amides is 1. The Morgan fingerprint density at radius 3 is 2.72 bits per heavy atom. The number of aromatic nitrogens is 8. The van der Waals surface area contributed by atoms with Crippen LogP contribution in [0, 0.1) is 12.8 Å². The van der Waals surface area contributed by atoms with Gasteiger partial charge in [-0.2, -0.15) is 14.7 Å². The summed E-state index contributed by atoms with van der Waals surface area (Å²) in [7, 11) is 0. The van der Waals surface area contributed by atoms with E-state index in [4.69, 9.17) is 4.74 Å². The first-order valence-corrected chi connectivity index (χ1v) is 12.7. The van der Waals surface area contributed by atoms with Crippen LogP contribution in [0.15, 0.2) is 49.1 Å². The predicted molar refractivity (Wildman–Crippen MR) is 141 cm³/mol. The van der Waals surface area contributed by atoms with Gasteiger partial charge in [0.05, 0.1) is 23.6 Å². The van der Waals surface area contributed by atoms with Crippen LogP contribution in [0.4, 0.5) is 9.18 Å². The van der Waals surface area contributed by atoms with Crippen molar-refractivity contribution < 1.29 is 13.9 Å². The molecule has 5 aromatic rings. The molecule has 1 aromatic carbocycles. The number of fused-ring (bicyclic) bond motifs is 2. The first-order valence-electron chi connectivity index (χ1n) is 12.7. The largest absolute Gasteiger partial charge is 0.444 e. The fraction of sp³-hybridized carbons (Fsp3) is 0.370. The van der Waals surface area contributed by atoms with Crippen LogP contribution in [0.3, 0.4) is 0 Å². The van der Waals surface area contributed by atoms with Crippen molar-refractivity contribution in [3.8, 4) is 11.1 Å². The Morgan fingerprint density at radius 1 is 1.10 bits per heavy atom. The SMILES string of the molecule is Cc1cnc2nnc(C(F)c3ccc4ncc(-c5cnn(CC6CN(C(=O)OC(C)(C)C)C6)c5)cc4c3)n2n1. The number of pyridine rings is 1. The van der Waals surface area contributed by atoms with Crippen molar-refractivity contribution in [1.29, 1.82) is 0 Å². The van der Waals surface area contributed by atoms with Gasteiger partial charge in [-0.3, -0.25) is 9.67 Å². The molecule has 0 bridgehead atoms. The zero-order valence-corrected chi connectivity index (χ0v) is 22.1. The lowest BCUT2D eigenvalue weighted by Gasteiger charge is -2.39. The van der Waals surface area contributed by atoms with Crippen molar-refractivity contribution in [3.63, 3.8) is 0 Å². The summed E-state index contributed by atoms with van der Waals surface area (Å²) in [6, 6.07) is 7.23. The lowest BCUT2D eigenvalue weighted by molar-refractivity contribution is -0.00383. The van der Waals surface area contributed by atoms with Crippen LogP contribution in [-0.2, 0) is 11.3 Å². The minimum Gasteiger partial charge on any atom is -0.444 e. The molecule has 5 heterocycles. The topological polar surface area (TPSA) is 116 Å². The normalized spacial score (nSPS) is 15.1. The maximum atomic E-state index is 15.6. The highest BCUT2D eigenvalue weighted by atomic mass is 19.1. The van der Waals surface area contributed by atoms with E-state index in [2.05, 4.69) is 30.4 Å². The van der Waals surface area contributed by atoms with E-state index in [1.165, 1.54) is 4.52 Å². The molecular weight excluding hydrogens is 501 g/mol. The van der Waals surface area contributed by atoms with Crippen molar-refractivity contribution in [3.05, 3.63) is 66.1 Å². The molecule has 200 valence electrons. The van der Waals surface area contributed by atoms with Crippen molar-refractivity contribution in [1.82, 2.24) is 44.5 Å². The van der Waals surface area contributed by atoms with E-state index in [9.17, 15) is 4.79 Å². The number of ether oxygens (including phenoxy) is 1. The van der Waals surface area contributed by atoms with Gasteiger partial charge in [0.2, 0.25) is 0 Å². The maximum absolute atomic E-state index is 15.6. The highest BCUT2D eigenvalue weighted by Gasteiger charge is 2.34.